The van der Waals surface area contributed by atoms with Gasteiger partial charge in [-0.05, 0) is 31.5 Å². The number of hydrogen-bond donors (Lipinski definition) is 3. The van der Waals surface area contributed by atoms with Gasteiger partial charge >= 0.3 is 0 Å². The van der Waals surface area contributed by atoms with Gasteiger partial charge in [-0.15, -0.1) is 0 Å². The first-order valence-corrected chi connectivity index (χ1v) is 6.12. The summed E-state index contributed by atoms with van der Waals surface area (Å²) in [5.74, 6) is -0.498. The third-order valence-electron chi connectivity index (χ3n) is 2.92. The zero-order valence-electron chi connectivity index (χ0n) is 9.50. The van der Waals surface area contributed by atoms with E-state index in [1.807, 2.05) is 12.1 Å². The number of nitrogens with one attached hydrogen (secondary N) is 2. The van der Waals surface area contributed by atoms with Gasteiger partial charge in [-0.1, -0.05) is 17.7 Å². The fourth-order valence-electron chi connectivity index (χ4n) is 2.09. The molecule has 4 nitrogen and oxygen atoms in total. The van der Waals surface area contributed by atoms with Crippen molar-refractivity contribution in [2.45, 2.75) is 18.9 Å². The molecule has 0 radical (unpaired) electrons. The van der Waals surface area contributed by atoms with Crippen LogP contribution in [-0.4, -0.2) is 25.0 Å². The van der Waals surface area contributed by atoms with Crippen LogP contribution < -0.4 is 16.4 Å². The maximum Gasteiger partial charge on any atom is 0.252 e. The maximum atomic E-state index is 11.4. The molecule has 2 rings (SSSR count). The minimum atomic E-state index is -0.498. The van der Waals surface area contributed by atoms with Crippen molar-refractivity contribution in [2.24, 2.45) is 5.73 Å². The standard InChI is InChI=1S/C12H16ClN3O/c13-9-4-1-5-10(11(9)12(14)17)16-8-3-2-6-15-7-8/h1,4-5,8,15-16H,2-3,6-7H2,(H2,14,17). The van der Waals surface area contributed by atoms with Crippen LogP contribution in [0.1, 0.15) is 23.2 Å². The summed E-state index contributed by atoms with van der Waals surface area (Å²) in [5.41, 5.74) is 6.44. The summed E-state index contributed by atoms with van der Waals surface area (Å²) in [6.07, 6.45) is 2.21. The number of benzene rings is 1. The van der Waals surface area contributed by atoms with Gasteiger partial charge in [0.25, 0.3) is 5.91 Å². The molecule has 17 heavy (non-hydrogen) atoms. The van der Waals surface area contributed by atoms with Gasteiger partial charge in [-0.2, -0.15) is 0 Å². The number of primary amides is 1. The van der Waals surface area contributed by atoms with Crippen LogP contribution in [0.4, 0.5) is 5.69 Å². The molecule has 1 aromatic rings. The maximum absolute atomic E-state index is 11.4. The van der Waals surface area contributed by atoms with Gasteiger partial charge in [-0.3, -0.25) is 4.79 Å². The highest BCUT2D eigenvalue weighted by molar-refractivity contribution is 6.34. The number of halogens is 1. The van der Waals surface area contributed by atoms with Crippen molar-refractivity contribution in [1.82, 2.24) is 5.32 Å². The molecule has 1 saturated heterocycles. The third-order valence-corrected chi connectivity index (χ3v) is 3.23. The minimum Gasteiger partial charge on any atom is -0.380 e. The molecule has 0 aliphatic carbocycles. The monoisotopic (exact) mass is 253 g/mol. The van der Waals surface area contributed by atoms with E-state index in [0.29, 0.717) is 16.6 Å². The Morgan fingerprint density at radius 1 is 1.53 bits per heavy atom. The second-order valence-corrected chi connectivity index (χ2v) is 4.62. The Kier molecular flexibility index (Phi) is 3.86. The Morgan fingerprint density at radius 3 is 3.00 bits per heavy atom. The van der Waals surface area contributed by atoms with Crippen molar-refractivity contribution in [1.29, 1.82) is 0 Å². The zero-order chi connectivity index (χ0) is 12.3. The van der Waals surface area contributed by atoms with E-state index in [1.165, 1.54) is 0 Å². The first kappa shape index (κ1) is 12.2. The molecule has 1 fully saturated rings. The molecule has 1 heterocycles. The molecule has 1 unspecified atom stereocenters. The zero-order valence-corrected chi connectivity index (χ0v) is 10.3. The van der Waals surface area contributed by atoms with Crippen LogP contribution in [0.15, 0.2) is 18.2 Å². The number of anilines is 1. The Bertz CT molecular complexity index is 416. The van der Waals surface area contributed by atoms with Crippen molar-refractivity contribution in [3.8, 4) is 0 Å². The third kappa shape index (κ3) is 2.90. The van der Waals surface area contributed by atoms with Crippen molar-refractivity contribution in [2.75, 3.05) is 18.4 Å². The van der Waals surface area contributed by atoms with Gasteiger partial charge in [-0.25, -0.2) is 0 Å². The summed E-state index contributed by atoms with van der Waals surface area (Å²) in [7, 11) is 0. The lowest BCUT2D eigenvalue weighted by molar-refractivity contribution is 0.100. The Labute approximate surface area is 106 Å². The second kappa shape index (κ2) is 5.38. The van der Waals surface area contributed by atoms with E-state index in [4.69, 9.17) is 17.3 Å². The van der Waals surface area contributed by atoms with Crippen molar-refractivity contribution in [3.05, 3.63) is 28.8 Å². The average molecular weight is 254 g/mol. The predicted octanol–water partition coefficient (Wildman–Crippen LogP) is 1.60. The van der Waals surface area contributed by atoms with E-state index in [-0.39, 0.29) is 0 Å². The largest absolute Gasteiger partial charge is 0.380 e. The van der Waals surface area contributed by atoms with Crippen molar-refractivity contribution in [3.63, 3.8) is 0 Å². The predicted molar refractivity (Wildman–Crippen MR) is 69.5 cm³/mol. The fraction of sp³-hybridized carbons (Fsp3) is 0.417. The van der Waals surface area contributed by atoms with Gasteiger partial charge < -0.3 is 16.4 Å². The van der Waals surface area contributed by atoms with E-state index in [0.717, 1.165) is 31.6 Å². The lowest BCUT2D eigenvalue weighted by atomic mass is 10.1. The topological polar surface area (TPSA) is 67.2 Å². The first-order chi connectivity index (χ1) is 8.18. The summed E-state index contributed by atoms with van der Waals surface area (Å²) >= 11 is 5.99. The summed E-state index contributed by atoms with van der Waals surface area (Å²) in [6, 6.07) is 5.64. The molecule has 4 N–H and O–H groups in total. The molecule has 1 amide bonds. The van der Waals surface area contributed by atoms with E-state index < -0.39 is 5.91 Å². The average Bonchev–Trinajstić information content (AvgIpc) is 2.30. The molecule has 1 atom stereocenters. The van der Waals surface area contributed by atoms with Crippen molar-refractivity contribution >= 4 is 23.2 Å². The van der Waals surface area contributed by atoms with Crippen LogP contribution in [0.25, 0.3) is 0 Å². The summed E-state index contributed by atoms with van der Waals surface area (Å²) in [4.78, 5) is 11.4. The first-order valence-electron chi connectivity index (χ1n) is 5.74. The highest BCUT2D eigenvalue weighted by Gasteiger charge is 2.17. The molecule has 1 aromatic carbocycles. The number of piperidine rings is 1. The smallest absolute Gasteiger partial charge is 0.252 e. The van der Waals surface area contributed by atoms with Crippen LogP contribution >= 0.6 is 11.6 Å². The summed E-state index contributed by atoms with van der Waals surface area (Å²) in [5, 5.41) is 7.03. The number of hydrogen-bond acceptors (Lipinski definition) is 3. The Morgan fingerprint density at radius 2 is 2.35 bits per heavy atom. The van der Waals surface area contributed by atoms with Gasteiger partial charge in [0.15, 0.2) is 0 Å². The Balaban J connectivity index is 2.19. The summed E-state index contributed by atoms with van der Waals surface area (Å²) in [6.45, 7) is 1.95. The second-order valence-electron chi connectivity index (χ2n) is 4.21. The molecule has 0 aromatic heterocycles. The molecule has 0 spiro atoms. The van der Waals surface area contributed by atoms with Crippen LogP contribution in [-0.2, 0) is 0 Å². The number of amides is 1. The van der Waals surface area contributed by atoms with Crippen molar-refractivity contribution < 1.29 is 4.79 Å². The molecule has 1 aliphatic rings. The molecule has 0 saturated carbocycles. The quantitative estimate of drug-likeness (QED) is 0.767. The van der Waals surface area contributed by atoms with Crippen LogP contribution in [0.3, 0.4) is 0 Å². The van der Waals surface area contributed by atoms with Crippen LogP contribution in [0.2, 0.25) is 5.02 Å². The minimum absolute atomic E-state index is 0.320. The normalized spacial score (nSPS) is 19.9. The molecule has 1 aliphatic heterocycles. The Hall–Kier alpha value is -1.26. The van der Waals surface area contributed by atoms with E-state index in [1.54, 1.807) is 6.07 Å². The highest BCUT2D eigenvalue weighted by atomic mass is 35.5. The molecular weight excluding hydrogens is 238 g/mol. The molecule has 92 valence electrons. The number of carbonyl (C=O) groups is 1. The molecule has 0 bridgehead atoms. The number of rotatable bonds is 3. The van der Waals surface area contributed by atoms with Crippen LogP contribution in [0.5, 0.6) is 0 Å². The van der Waals surface area contributed by atoms with Gasteiger partial charge in [0, 0.05) is 18.3 Å². The van der Waals surface area contributed by atoms with E-state index in [9.17, 15) is 4.79 Å². The number of carbonyl (C=O) groups excluding carboxylic acids is 1. The van der Waals surface area contributed by atoms with Gasteiger partial charge in [0.1, 0.15) is 0 Å². The van der Waals surface area contributed by atoms with E-state index >= 15 is 0 Å². The SMILES string of the molecule is NC(=O)c1c(Cl)cccc1NC1CCCNC1. The summed E-state index contributed by atoms with van der Waals surface area (Å²) < 4.78 is 0. The lowest BCUT2D eigenvalue weighted by Crippen LogP contribution is -2.38. The van der Waals surface area contributed by atoms with Gasteiger partial charge in [0.05, 0.1) is 10.6 Å². The molecule has 5 heteroatoms. The van der Waals surface area contributed by atoms with Crippen LogP contribution in [0, 0.1) is 0 Å². The fourth-order valence-corrected chi connectivity index (χ4v) is 2.36. The molecular formula is C12H16ClN3O. The van der Waals surface area contributed by atoms with Gasteiger partial charge in [0.2, 0.25) is 0 Å². The van der Waals surface area contributed by atoms with E-state index in [2.05, 4.69) is 10.6 Å². The number of nitrogens with two attached hydrogens (primary N) is 1. The lowest BCUT2D eigenvalue weighted by Gasteiger charge is -2.25. The highest BCUT2D eigenvalue weighted by Crippen LogP contribution is 2.25.